The molecule has 7 rings (SSSR count). The molecule has 4 fully saturated rings. The van der Waals surface area contributed by atoms with Crippen LogP contribution in [-0.4, -0.2) is 106 Å². The molecule has 2 N–H and O–H groups in total. The number of aryl methyl sites for hydroxylation is 1. The van der Waals surface area contributed by atoms with Gasteiger partial charge in [-0.2, -0.15) is 0 Å². The average molecular weight is 828 g/mol. The van der Waals surface area contributed by atoms with Gasteiger partial charge in [-0.1, -0.05) is 51.1 Å². The summed E-state index contributed by atoms with van der Waals surface area (Å²) in [5, 5.41) is 5.23. The lowest BCUT2D eigenvalue weighted by Crippen LogP contribution is -2.60. The van der Waals surface area contributed by atoms with Crippen LogP contribution in [0.3, 0.4) is 0 Å². The number of aromatic nitrogens is 2. The van der Waals surface area contributed by atoms with E-state index in [1.165, 1.54) is 4.57 Å². The van der Waals surface area contributed by atoms with Crippen molar-refractivity contribution in [3.05, 3.63) is 64.6 Å². The third kappa shape index (κ3) is 9.10. The molecule has 0 aliphatic carbocycles. The zero-order valence-electron chi connectivity index (χ0n) is 36.1. The van der Waals surface area contributed by atoms with Gasteiger partial charge in [0.25, 0.3) is 0 Å². The van der Waals surface area contributed by atoms with Crippen molar-refractivity contribution in [2.45, 2.75) is 110 Å². The minimum absolute atomic E-state index is 0.0731. The second-order valence-electron chi connectivity index (χ2n) is 19.0. The van der Waals surface area contributed by atoms with Gasteiger partial charge in [0.1, 0.15) is 29.8 Å². The first-order valence-electron chi connectivity index (χ1n) is 21.4. The van der Waals surface area contributed by atoms with E-state index in [4.69, 9.17) is 9.47 Å². The number of rotatable bonds is 8. The highest BCUT2D eigenvalue weighted by molar-refractivity contribution is 6.00. The molecular weight excluding hydrogens is 767 g/mol. The number of amides is 5. The smallest absolute Gasteiger partial charge is 0.408 e. The number of carbonyl (C=O) groups excluding carboxylic acids is 5. The van der Waals surface area contributed by atoms with Gasteiger partial charge in [-0.3, -0.25) is 33.6 Å². The Labute approximate surface area is 351 Å². The van der Waals surface area contributed by atoms with E-state index in [1.54, 1.807) is 37.3 Å². The van der Waals surface area contributed by atoms with Crippen LogP contribution in [0.25, 0.3) is 11.0 Å². The zero-order chi connectivity index (χ0) is 43.1. The van der Waals surface area contributed by atoms with Gasteiger partial charge in [-0.15, -0.1) is 0 Å². The minimum Gasteiger partial charge on any atom is -0.444 e. The summed E-state index contributed by atoms with van der Waals surface area (Å²) in [5.41, 5.74) is 1.64. The highest BCUT2D eigenvalue weighted by atomic mass is 16.6. The number of morpholine rings is 1. The SMILES string of the molecule is Cn1c(=O)n(C2CCC(=O)NC2=O)c2ccc(N3CCC(C[C@@H]4CCN(C(=O)[C@@H](NC(=O)OC(C)(C)C)C(C)(C)C)[C@@H]4C(=O)N4CCO[C@H](c5ccccc5)C4)CC3)cc21. The second kappa shape index (κ2) is 17.1. The number of nitrogens with one attached hydrogen (secondary N) is 2. The number of nitrogens with zero attached hydrogens (tertiary/aromatic N) is 5. The first-order chi connectivity index (χ1) is 28.4. The van der Waals surface area contributed by atoms with Gasteiger partial charge >= 0.3 is 11.8 Å². The third-order valence-corrected chi connectivity index (χ3v) is 12.6. The van der Waals surface area contributed by atoms with Gasteiger partial charge in [0, 0.05) is 45.3 Å². The van der Waals surface area contributed by atoms with E-state index in [-0.39, 0.29) is 48.3 Å². The lowest BCUT2D eigenvalue weighted by atomic mass is 9.82. The number of piperidine rings is 2. The minimum atomic E-state index is -0.913. The number of alkyl carbamates (subject to hydrolysis) is 1. The van der Waals surface area contributed by atoms with Crippen molar-refractivity contribution >= 4 is 46.4 Å². The molecule has 0 radical (unpaired) electrons. The monoisotopic (exact) mass is 827 g/mol. The standard InChI is InChI=1S/C45H61N7O8/c1-44(2,3)38(47-42(57)60-45(4,5)6)41(56)51-22-19-30(37(51)40(55)50-23-24-59-35(27-50)29-11-9-8-10-12-29)25-28-17-20-49(21-18-28)31-13-14-32-34(26-31)48(7)43(58)52(32)33-15-16-36(53)46-39(33)54/h8-14,26,28,30,33,35,37-38H,15-25,27H2,1-7H3,(H,47,57)(H,46,53,54)/t30-,33?,35-,37-,38+/m0/s1. The van der Waals surface area contributed by atoms with Crippen LogP contribution in [0.4, 0.5) is 10.5 Å². The Hall–Kier alpha value is -5.18. The molecule has 324 valence electrons. The maximum atomic E-state index is 14.9. The molecule has 1 aromatic heterocycles. The van der Waals surface area contributed by atoms with Crippen molar-refractivity contribution in [2.24, 2.45) is 24.3 Å². The maximum absolute atomic E-state index is 14.9. The number of hydrogen-bond donors (Lipinski definition) is 2. The molecule has 15 heteroatoms. The van der Waals surface area contributed by atoms with E-state index in [1.807, 2.05) is 74.2 Å². The first-order valence-corrected chi connectivity index (χ1v) is 21.4. The molecule has 5 heterocycles. The molecule has 5 atom stereocenters. The summed E-state index contributed by atoms with van der Waals surface area (Å²) < 4.78 is 14.8. The van der Waals surface area contributed by atoms with E-state index in [0.29, 0.717) is 49.6 Å². The summed E-state index contributed by atoms with van der Waals surface area (Å²) in [6.07, 6.45) is 2.74. The van der Waals surface area contributed by atoms with Crippen LogP contribution in [-0.2, 0) is 35.7 Å². The fourth-order valence-electron chi connectivity index (χ4n) is 9.46. The summed E-state index contributed by atoms with van der Waals surface area (Å²) in [7, 11) is 1.70. The Kier molecular flexibility index (Phi) is 12.2. The van der Waals surface area contributed by atoms with Gasteiger partial charge in [-0.25, -0.2) is 9.59 Å². The van der Waals surface area contributed by atoms with Crippen LogP contribution in [0, 0.1) is 17.3 Å². The summed E-state index contributed by atoms with van der Waals surface area (Å²) in [6.45, 7) is 14.2. The van der Waals surface area contributed by atoms with Crippen LogP contribution in [0.15, 0.2) is 53.3 Å². The largest absolute Gasteiger partial charge is 0.444 e. The molecular formula is C45H61N7O8. The number of likely N-dealkylation sites (tertiary alicyclic amines) is 1. The number of ether oxygens (including phenoxy) is 2. The quantitative estimate of drug-likeness (QED) is 0.307. The Morgan fingerprint density at radius 1 is 0.900 bits per heavy atom. The molecule has 2 aromatic carbocycles. The van der Waals surface area contributed by atoms with Crippen LogP contribution in [0.1, 0.15) is 97.8 Å². The zero-order valence-corrected chi connectivity index (χ0v) is 36.1. The number of hydrogen-bond acceptors (Lipinski definition) is 9. The molecule has 60 heavy (non-hydrogen) atoms. The molecule has 5 amide bonds. The maximum Gasteiger partial charge on any atom is 0.408 e. The molecule has 0 saturated carbocycles. The molecule has 4 saturated heterocycles. The van der Waals surface area contributed by atoms with E-state index in [0.717, 1.165) is 43.6 Å². The van der Waals surface area contributed by atoms with Crippen molar-refractivity contribution < 1.29 is 33.4 Å². The van der Waals surface area contributed by atoms with E-state index in [2.05, 4.69) is 15.5 Å². The fourth-order valence-corrected chi connectivity index (χ4v) is 9.46. The van der Waals surface area contributed by atoms with Crippen molar-refractivity contribution in [3.8, 4) is 0 Å². The molecule has 4 aliphatic rings. The molecule has 15 nitrogen and oxygen atoms in total. The predicted molar refractivity (Wildman–Crippen MR) is 226 cm³/mol. The lowest BCUT2D eigenvalue weighted by Gasteiger charge is -2.41. The summed E-state index contributed by atoms with van der Waals surface area (Å²) >= 11 is 0. The van der Waals surface area contributed by atoms with E-state index < -0.39 is 41.1 Å². The Bertz CT molecular complexity index is 2160. The number of anilines is 1. The normalized spacial score (nSPS) is 23.8. The number of imide groups is 1. The fraction of sp³-hybridized carbons (Fsp3) is 0.600. The van der Waals surface area contributed by atoms with Gasteiger partial charge in [0.15, 0.2) is 0 Å². The Morgan fingerprint density at radius 2 is 1.62 bits per heavy atom. The third-order valence-electron chi connectivity index (χ3n) is 12.6. The molecule has 1 unspecified atom stereocenters. The van der Waals surface area contributed by atoms with Gasteiger partial charge in [-0.05, 0) is 93.9 Å². The summed E-state index contributed by atoms with van der Waals surface area (Å²) in [6, 6.07) is 13.4. The first kappa shape index (κ1) is 42.9. The van der Waals surface area contributed by atoms with Crippen LogP contribution in [0.5, 0.6) is 0 Å². The summed E-state index contributed by atoms with van der Waals surface area (Å²) in [5.74, 6) is -0.909. The lowest BCUT2D eigenvalue weighted by molar-refractivity contribution is -0.152. The second-order valence-corrected chi connectivity index (χ2v) is 19.0. The van der Waals surface area contributed by atoms with Crippen LogP contribution < -0.4 is 21.2 Å². The van der Waals surface area contributed by atoms with E-state index in [9.17, 15) is 28.8 Å². The van der Waals surface area contributed by atoms with E-state index >= 15 is 0 Å². The summed E-state index contributed by atoms with van der Waals surface area (Å²) in [4.78, 5) is 86.4. The Morgan fingerprint density at radius 3 is 2.28 bits per heavy atom. The number of benzene rings is 2. The van der Waals surface area contributed by atoms with Gasteiger partial charge in [0.05, 0.1) is 24.2 Å². The molecule has 4 aliphatic heterocycles. The van der Waals surface area contributed by atoms with Gasteiger partial charge < -0.3 is 29.5 Å². The number of imidazole rings is 1. The topological polar surface area (TPSA) is 165 Å². The van der Waals surface area contributed by atoms with Crippen molar-refractivity contribution in [3.63, 3.8) is 0 Å². The predicted octanol–water partition coefficient (Wildman–Crippen LogP) is 4.68. The average Bonchev–Trinajstić information content (AvgIpc) is 3.73. The number of carbonyl (C=O) groups is 5. The molecule has 0 bridgehead atoms. The molecule has 3 aromatic rings. The highest BCUT2D eigenvalue weighted by Gasteiger charge is 2.48. The highest BCUT2D eigenvalue weighted by Crippen LogP contribution is 2.38. The van der Waals surface area contributed by atoms with Crippen molar-refractivity contribution in [1.82, 2.24) is 29.6 Å². The van der Waals surface area contributed by atoms with Gasteiger partial charge in [0.2, 0.25) is 23.6 Å². The van der Waals surface area contributed by atoms with Crippen LogP contribution >= 0.6 is 0 Å². The van der Waals surface area contributed by atoms with Crippen molar-refractivity contribution in [1.29, 1.82) is 0 Å². The molecule has 0 spiro atoms. The van der Waals surface area contributed by atoms with Crippen molar-refractivity contribution in [2.75, 3.05) is 44.2 Å². The Balaban J connectivity index is 1.08. The van der Waals surface area contributed by atoms with Crippen LogP contribution in [0.2, 0.25) is 0 Å². The number of fused-ring (bicyclic) bond motifs is 1.